The number of halogens is 1. The summed E-state index contributed by atoms with van der Waals surface area (Å²) < 4.78 is 5.31. The fourth-order valence-electron chi connectivity index (χ4n) is 3.78. The molecule has 1 atom stereocenters. The predicted molar refractivity (Wildman–Crippen MR) is 116 cm³/mol. The van der Waals surface area contributed by atoms with Crippen molar-refractivity contribution in [3.05, 3.63) is 46.3 Å². The Hall–Kier alpha value is -2.21. The Morgan fingerprint density at radius 1 is 1.29 bits per heavy atom. The second-order valence-corrected chi connectivity index (χ2v) is 7.72. The lowest BCUT2D eigenvalue weighted by molar-refractivity contribution is 0.372. The Kier molecular flexibility index (Phi) is 6.83. The number of aliphatic imine (C=N–C) groups is 1. The van der Waals surface area contributed by atoms with Crippen LogP contribution in [0.4, 0.5) is 5.69 Å². The van der Waals surface area contributed by atoms with E-state index in [0.717, 1.165) is 55.2 Å². The van der Waals surface area contributed by atoms with Gasteiger partial charge in [-0.1, -0.05) is 29.7 Å². The lowest BCUT2D eigenvalue weighted by Gasteiger charge is -2.37. The summed E-state index contributed by atoms with van der Waals surface area (Å²) in [6.45, 7) is 13.6. The molecule has 0 spiro atoms. The molecule has 1 N–H and O–H groups in total. The Morgan fingerprint density at radius 3 is 2.64 bits per heavy atom. The number of hydrogen-bond donors (Lipinski definition) is 1. The maximum atomic E-state index is 6.14. The molecule has 0 bridgehead atoms. The number of aromatic nitrogens is 1. The molecular formula is C21H30ClN5O. The van der Waals surface area contributed by atoms with Crippen molar-refractivity contribution in [1.82, 2.24) is 15.4 Å². The molecule has 28 heavy (non-hydrogen) atoms. The Labute approximate surface area is 172 Å². The van der Waals surface area contributed by atoms with Crippen molar-refractivity contribution in [3.8, 4) is 0 Å². The predicted octanol–water partition coefficient (Wildman–Crippen LogP) is 3.84. The van der Waals surface area contributed by atoms with Crippen molar-refractivity contribution in [2.75, 3.05) is 44.2 Å². The summed E-state index contributed by atoms with van der Waals surface area (Å²) in [5, 5.41) is 8.29. The zero-order chi connectivity index (χ0) is 20.1. The van der Waals surface area contributed by atoms with Crippen LogP contribution in [0.2, 0.25) is 5.02 Å². The third-order valence-corrected chi connectivity index (χ3v) is 5.42. The van der Waals surface area contributed by atoms with Crippen molar-refractivity contribution >= 4 is 23.2 Å². The maximum absolute atomic E-state index is 6.14. The molecule has 1 aromatic carbocycles. The van der Waals surface area contributed by atoms with Crippen LogP contribution in [-0.4, -0.2) is 55.3 Å². The van der Waals surface area contributed by atoms with Crippen LogP contribution < -0.4 is 10.2 Å². The van der Waals surface area contributed by atoms with Crippen molar-refractivity contribution < 1.29 is 4.52 Å². The highest BCUT2D eigenvalue weighted by Gasteiger charge is 2.21. The summed E-state index contributed by atoms with van der Waals surface area (Å²) in [6.07, 6.45) is 0. The molecule has 3 rings (SSSR count). The number of guanidine groups is 1. The summed E-state index contributed by atoms with van der Waals surface area (Å²) in [4.78, 5) is 9.62. The number of anilines is 1. The minimum absolute atomic E-state index is 0.271. The monoisotopic (exact) mass is 403 g/mol. The highest BCUT2D eigenvalue weighted by molar-refractivity contribution is 6.30. The molecular weight excluding hydrogens is 374 g/mol. The minimum Gasteiger partial charge on any atom is -0.368 e. The fraction of sp³-hybridized carbons (Fsp3) is 0.524. The first-order chi connectivity index (χ1) is 13.5. The van der Waals surface area contributed by atoms with Gasteiger partial charge in [0.15, 0.2) is 5.96 Å². The van der Waals surface area contributed by atoms with E-state index >= 15 is 0 Å². The van der Waals surface area contributed by atoms with Gasteiger partial charge in [-0.25, -0.2) is 0 Å². The van der Waals surface area contributed by atoms with Crippen LogP contribution in [0.1, 0.15) is 36.8 Å². The molecule has 1 fully saturated rings. The molecule has 2 heterocycles. The van der Waals surface area contributed by atoms with E-state index in [-0.39, 0.29) is 5.92 Å². The topological polar surface area (TPSA) is 56.9 Å². The number of nitrogens with one attached hydrogen (secondary N) is 1. The van der Waals surface area contributed by atoms with E-state index in [2.05, 4.69) is 40.2 Å². The average molecular weight is 404 g/mol. The van der Waals surface area contributed by atoms with E-state index in [1.165, 1.54) is 11.3 Å². The SMILES string of the molecule is CCNC(=NCC(C)c1c(C)noc1C)N1CCN(c2cccc(Cl)c2)CC1. The van der Waals surface area contributed by atoms with Crippen LogP contribution in [0, 0.1) is 13.8 Å². The van der Waals surface area contributed by atoms with Crippen LogP contribution in [0.15, 0.2) is 33.8 Å². The van der Waals surface area contributed by atoms with Gasteiger partial charge in [0.2, 0.25) is 0 Å². The van der Waals surface area contributed by atoms with E-state index in [1.807, 2.05) is 32.0 Å². The largest absolute Gasteiger partial charge is 0.368 e. The van der Waals surface area contributed by atoms with E-state index < -0.39 is 0 Å². The van der Waals surface area contributed by atoms with Gasteiger partial charge in [0.25, 0.3) is 0 Å². The molecule has 0 radical (unpaired) electrons. The second-order valence-electron chi connectivity index (χ2n) is 7.29. The molecule has 1 aromatic heterocycles. The Balaban J connectivity index is 1.63. The van der Waals surface area contributed by atoms with Crippen LogP contribution in [-0.2, 0) is 0 Å². The molecule has 0 saturated carbocycles. The molecule has 152 valence electrons. The maximum Gasteiger partial charge on any atom is 0.194 e. The molecule has 1 saturated heterocycles. The molecule has 7 heteroatoms. The van der Waals surface area contributed by atoms with Crippen molar-refractivity contribution in [1.29, 1.82) is 0 Å². The molecule has 0 aliphatic carbocycles. The zero-order valence-electron chi connectivity index (χ0n) is 17.2. The smallest absolute Gasteiger partial charge is 0.194 e. The molecule has 2 aromatic rings. The Morgan fingerprint density at radius 2 is 2.04 bits per heavy atom. The van der Waals surface area contributed by atoms with Gasteiger partial charge in [-0.2, -0.15) is 0 Å². The summed E-state index contributed by atoms with van der Waals surface area (Å²) >= 11 is 6.14. The van der Waals surface area contributed by atoms with Crippen LogP contribution in [0.3, 0.4) is 0 Å². The van der Waals surface area contributed by atoms with Crippen molar-refractivity contribution in [2.24, 2.45) is 4.99 Å². The van der Waals surface area contributed by atoms with Crippen LogP contribution in [0.5, 0.6) is 0 Å². The molecule has 1 aliphatic rings. The van der Waals surface area contributed by atoms with E-state index in [4.69, 9.17) is 21.1 Å². The standard InChI is InChI=1S/C21H30ClN5O/c1-5-23-21(24-14-15(2)20-16(3)25-28-17(20)4)27-11-9-26(10-12-27)19-8-6-7-18(22)13-19/h6-8,13,15H,5,9-12,14H2,1-4H3,(H,23,24). The quantitative estimate of drug-likeness (QED) is 0.607. The zero-order valence-corrected chi connectivity index (χ0v) is 18.0. The third kappa shape index (κ3) is 4.79. The normalized spacial score (nSPS) is 16.4. The first kappa shape index (κ1) is 20.5. The van der Waals surface area contributed by atoms with Gasteiger partial charge in [0.1, 0.15) is 5.76 Å². The number of rotatable bonds is 5. The summed E-state index contributed by atoms with van der Waals surface area (Å²) in [5.74, 6) is 2.14. The highest BCUT2D eigenvalue weighted by Crippen LogP contribution is 2.24. The Bertz CT molecular complexity index is 791. The first-order valence-electron chi connectivity index (χ1n) is 9.96. The van der Waals surface area contributed by atoms with E-state index in [0.29, 0.717) is 6.54 Å². The number of hydrogen-bond acceptors (Lipinski definition) is 4. The van der Waals surface area contributed by atoms with Gasteiger partial charge < -0.3 is 19.6 Å². The van der Waals surface area contributed by atoms with Crippen molar-refractivity contribution in [3.63, 3.8) is 0 Å². The highest BCUT2D eigenvalue weighted by atomic mass is 35.5. The number of benzene rings is 1. The van der Waals surface area contributed by atoms with Crippen LogP contribution >= 0.6 is 11.6 Å². The first-order valence-corrected chi connectivity index (χ1v) is 10.3. The number of nitrogens with zero attached hydrogens (tertiary/aromatic N) is 4. The van der Waals surface area contributed by atoms with Crippen LogP contribution in [0.25, 0.3) is 0 Å². The molecule has 1 unspecified atom stereocenters. The number of aryl methyl sites for hydroxylation is 2. The average Bonchev–Trinajstić information content (AvgIpc) is 3.03. The fourth-order valence-corrected chi connectivity index (χ4v) is 3.97. The van der Waals surface area contributed by atoms with Gasteiger partial charge in [-0.05, 0) is 39.0 Å². The molecule has 6 nitrogen and oxygen atoms in total. The lowest BCUT2D eigenvalue weighted by atomic mass is 10.00. The number of piperazine rings is 1. The van der Waals surface area contributed by atoms with E-state index in [9.17, 15) is 0 Å². The second kappa shape index (κ2) is 9.32. The van der Waals surface area contributed by atoms with Gasteiger partial charge in [0, 0.05) is 61.5 Å². The van der Waals surface area contributed by atoms with Gasteiger partial charge in [-0.3, -0.25) is 4.99 Å². The summed E-state index contributed by atoms with van der Waals surface area (Å²) in [6, 6.07) is 8.07. The van der Waals surface area contributed by atoms with Gasteiger partial charge in [0.05, 0.1) is 5.69 Å². The van der Waals surface area contributed by atoms with E-state index in [1.54, 1.807) is 0 Å². The van der Waals surface area contributed by atoms with Crippen molar-refractivity contribution in [2.45, 2.75) is 33.6 Å². The lowest BCUT2D eigenvalue weighted by Crippen LogP contribution is -2.52. The minimum atomic E-state index is 0.271. The van der Waals surface area contributed by atoms with Gasteiger partial charge in [-0.15, -0.1) is 0 Å². The summed E-state index contributed by atoms with van der Waals surface area (Å²) in [5.41, 5.74) is 3.31. The van der Waals surface area contributed by atoms with Gasteiger partial charge >= 0.3 is 0 Å². The third-order valence-electron chi connectivity index (χ3n) is 5.18. The molecule has 0 amide bonds. The molecule has 1 aliphatic heterocycles. The summed E-state index contributed by atoms with van der Waals surface area (Å²) in [7, 11) is 0.